The first kappa shape index (κ1) is 18.9. The molecule has 2 aromatic carbocycles. The number of fused-ring (bicyclic) bond motifs is 1. The average Bonchev–Trinajstić information content (AvgIpc) is 3.04. The van der Waals surface area contributed by atoms with Gasteiger partial charge >= 0.3 is 0 Å². The van der Waals surface area contributed by atoms with Crippen molar-refractivity contribution in [3.8, 4) is 11.5 Å². The molecule has 146 valence electrons. The number of ether oxygens (including phenoxy) is 1. The molecule has 0 fully saturated rings. The van der Waals surface area contributed by atoms with E-state index in [1.807, 2.05) is 54.1 Å². The Bertz CT molecular complexity index is 1190. The van der Waals surface area contributed by atoms with Crippen molar-refractivity contribution in [2.75, 3.05) is 12.4 Å². The molecular weight excluding hydrogens is 434 g/mol. The van der Waals surface area contributed by atoms with E-state index in [1.165, 1.54) is 0 Å². The fourth-order valence-electron chi connectivity index (χ4n) is 2.88. The van der Waals surface area contributed by atoms with E-state index in [2.05, 4.69) is 36.5 Å². The predicted molar refractivity (Wildman–Crippen MR) is 116 cm³/mol. The van der Waals surface area contributed by atoms with Crippen molar-refractivity contribution < 1.29 is 9.53 Å². The summed E-state index contributed by atoms with van der Waals surface area (Å²) < 4.78 is 8.91. The molecule has 0 saturated heterocycles. The number of carbonyl (C=O) groups is 1. The van der Waals surface area contributed by atoms with Gasteiger partial charge in [-0.15, -0.1) is 0 Å². The van der Waals surface area contributed by atoms with E-state index >= 15 is 0 Å². The van der Waals surface area contributed by atoms with Crippen LogP contribution in [0.4, 0.5) is 11.6 Å². The lowest BCUT2D eigenvalue weighted by Gasteiger charge is -2.07. The summed E-state index contributed by atoms with van der Waals surface area (Å²) >= 11 is 3.44. The number of aryl methyl sites for hydroxylation is 1. The Morgan fingerprint density at radius 3 is 2.59 bits per heavy atom. The van der Waals surface area contributed by atoms with E-state index in [0.717, 1.165) is 27.1 Å². The van der Waals surface area contributed by atoms with E-state index in [1.54, 1.807) is 25.4 Å². The Kier molecular flexibility index (Phi) is 5.18. The molecule has 4 aromatic rings. The van der Waals surface area contributed by atoms with Gasteiger partial charge in [0.15, 0.2) is 0 Å². The van der Waals surface area contributed by atoms with Crippen LogP contribution in [0.5, 0.6) is 11.5 Å². The van der Waals surface area contributed by atoms with Gasteiger partial charge in [0.25, 0.3) is 5.91 Å². The highest BCUT2D eigenvalue weighted by atomic mass is 79.9. The number of aromatic nitrogens is 3. The number of pyridine rings is 1. The highest BCUT2D eigenvalue weighted by Gasteiger charge is 2.11. The van der Waals surface area contributed by atoms with Crippen LogP contribution in [0.1, 0.15) is 10.5 Å². The number of rotatable bonds is 5. The van der Waals surface area contributed by atoms with Crippen LogP contribution in [0.3, 0.4) is 0 Å². The summed E-state index contributed by atoms with van der Waals surface area (Å²) in [7, 11) is 3.52. The van der Waals surface area contributed by atoms with E-state index < -0.39 is 0 Å². The molecule has 29 heavy (non-hydrogen) atoms. The van der Waals surface area contributed by atoms with E-state index in [9.17, 15) is 4.79 Å². The second-order valence-corrected chi connectivity index (χ2v) is 7.25. The summed E-state index contributed by atoms with van der Waals surface area (Å²) in [6, 6.07) is 16.9. The molecular formula is C21H18BrN5O2. The lowest BCUT2D eigenvalue weighted by atomic mass is 10.3. The summed E-state index contributed by atoms with van der Waals surface area (Å²) in [6.45, 7) is 0. The maximum absolute atomic E-state index is 11.8. The van der Waals surface area contributed by atoms with Gasteiger partial charge < -0.3 is 19.9 Å². The first-order valence-corrected chi connectivity index (χ1v) is 9.68. The standard InChI is InChI=1S/C21H18BrN5O2/c1-23-20(28)18-12-16(9-10-24-18)29-15-7-8-19-17(11-15)26-21(27(19)2)25-14-5-3-13(22)4-6-14/h3-12H,1-2H3,(H,23,28)(H,25,26). The Morgan fingerprint density at radius 1 is 1.07 bits per heavy atom. The topological polar surface area (TPSA) is 81.1 Å². The quantitative estimate of drug-likeness (QED) is 0.462. The summed E-state index contributed by atoms with van der Waals surface area (Å²) in [4.78, 5) is 20.5. The summed E-state index contributed by atoms with van der Waals surface area (Å²) in [5, 5.41) is 5.87. The van der Waals surface area contributed by atoms with Gasteiger partial charge in [-0.05, 0) is 42.5 Å². The largest absolute Gasteiger partial charge is 0.457 e. The number of imidazole rings is 1. The molecule has 1 amide bonds. The molecule has 2 heterocycles. The van der Waals surface area contributed by atoms with Crippen molar-refractivity contribution in [2.45, 2.75) is 0 Å². The third-order valence-corrected chi connectivity index (χ3v) is 4.91. The number of amides is 1. The minimum absolute atomic E-state index is 0.265. The lowest BCUT2D eigenvalue weighted by Crippen LogP contribution is -2.18. The van der Waals surface area contributed by atoms with Gasteiger partial charge in [0.05, 0.1) is 11.0 Å². The van der Waals surface area contributed by atoms with Gasteiger partial charge in [0.2, 0.25) is 5.95 Å². The van der Waals surface area contributed by atoms with Gasteiger partial charge in [0.1, 0.15) is 17.2 Å². The molecule has 2 aromatic heterocycles. The molecule has 2 N–H and O–H groups in total. The Balaban J connectivity index is 1.59. The number of anilines is 2. The lowest BCUT2D eigenvalue weighted by molar-refractivity contribution is 0.0958. The number of nitrogens with zero attached hydrogens (tertiary/aromatic N) is 3. The zero-order valence-electron chi connectivity index (χ0n) is 15.8. The molecule has 0 aliphatic heterocycles. The van der Waals surface area contributed by atoms with Crippen LogP contribution in [0.25, 0.3) is 11.0 Å². The molecule has 0 aliphatic carbocycles. The summed E-state index contributed by atoms with van der Waals surface area (Å²) in [5.41, 5.74) is 3.01. The Labute approximate surface area is 175 Å². The van der Waals surface area contributed by atoms with Crippen molar-refractivity contribution in [1.29, 1.82) is 0 Å². The van der Waals surface area contributed by atoms with Crippen LogP contribution >= 0.6 is 15.9 Å². The van der Waals surface area contributed by atoms with Gasteiger partial charge in [-0.25, -0.2) is 4.98 Å². The predicted octanol–water partition coefficient (Wildman–Crippen LogP) is 4.63. The minimum atomic E-state index is -0.265. The number of halogens is 1. The second kappa shape index (κ2) is 7.92. The third kappa shape index (κ3) is 4.07. The zero-order valence-corrected chi connectivity index (χ0v) is 17.4. The second-order valence-electron chi connectivity index (χ2n) is 6.33. The molecule has 4 rings (SSSR count). The van der Waals surface area contributed by atoms with Crippen LogP contribution in [-0.2, 0) is 7.05 Å². The molecule has 0 spiro atoms. The normalized spacial score (nSPS) is 10.7. The fourth-order valence-corrected chi connectivity index (χ4v) is 3.14. The summed E-state index contributed by atoms with van der Waals surface area (Å²) in [6.07, 6.45) is 1.54. The van der Waals surface area contributed by atoms with Crippen LogP contribution in [0.2, 0.25) is 0 Å². The van der Waals surface area contributed by atoms with E-state index in [0.29, 0.717) is 17.2 Å². The number of carbonyl (C=O) groups excluding carboxylic acids is 1. The minimum Gasteiger partial charge on any atom is -0.457 e. The SMILES string of the molecule is CNC(=O)c1cc(Oc2ccc3c(c2)nc(Nc2ccc(Br)cc2)n3C)ccn1. The number of hydrogen-bond acceptors (Lipinski definition) is 5. The van der Waals surface area contributed by atoms with E-state index in [4.69, 9.17) is 4.74 Å². The van der Waals surface area contributed by atoms with Gasteiger partial charge in [-0.1, -0.05) is 15.9 Å². The number of hydrogen-bond donors (Lipinski definition) is 2. The van der Waals surface area contributed by atoms with Crippen LogP contribution in [0, 0.1) is 0 Å². The monoisotopic (exact) mass is 451 g/mol. The molecule has 7 nitrogen and oxygen atoms in total. The average molecular weight is 452 g/mol. The first-order valence-electron chi connectivity index (χ1n) is 8.88. The number of nitrogens with one attached hydrogen (secondary N) is 2. The molecule has 0 aliphatic rings. The zero-order chi connectivity index (χ0) is 20.4. The highest BCUT2D eigenvalue weighted by molar-refractivity contribution is 9.10. The third-order valence-electron chi connectivity index (χ3n) is 4.38. The number of benzene rings is 2. The smallest absolute Gasteiger partial charge is 0.269 e. The maximum Gasteiger partial charge on any atom is 0.269 e. The molecule has 0 radical (unpaired) electrons. The van der Waals surface area contributed by atoms with Crippen LogP contribution in [0.15, 0.2) is 65.3 Å². The molecule has 0 bridgehead atoms. The maximum atomic E-state index is 11.8. The molecule has 8 heteroatoms. The van der Waals surface area contributed by atoms with Gasteiger partial charge in [0, 0.05) is 42.6 Å². The Morgan fingerprint density at radius 2 is 1.83 bits per heavy atom. The van der Waals surface area contributed by atoms with E-state index in [-0.39, 0.29) is 5.91 Å². The van der Waals surface area contributed by atoms with Crippen molar-refractivity contribution in [2.24, 2.45) is 7.05 Å². The van der Waals surface area contributed by atoms with Crippen molar-refractivity contribution in [3.63, 3.8) is 0 Å². The van der Waals surface area contributed by atoms with Crippen molar-refractivity contribution >= 4 is 44.5 Å². The van der Waals surface area contributed by atoms with Gasteiger partial charge in [-0.2, -0.15) is 0 Å². The van der Waals surface area contributed by atoms with Gasteiger partial charge in [-0.3, -0.25) is 9.78 Å². The molecule has 0 saturated carbocycles. The van der Waals surface area contributed by atoms with Crippen molar-refractivity contribution in [3.05, 3.63) is 71.0 Å². The van der Waals surface area contributed by atoms with Crippen LogP contribution < -0.4 is 15.4 Å². The van der Waals surface area contributed by atoms with Crippen LogP contribution in [-0.4, -0.2) is 27.5 Å². The fraction of sp³-hybridized carbons (Fsp3) is 0.0952. The molecule has 0 unspecified atom stereocenters. The highest BCUT2D eigenvalue weighted by Crippen LogP contribution is 2.28. The van der Waals surface area contributed by atoms with Crippen molar-refractivity contribution in [1.82, 2.24) is 19.9 Å². The first-order chi connectivity index (χ1) is 14.0. The summed E-state index contributed by atoms with van der Waals surface area (Å²) in [5.74, 6) is 1.62. The molecule has 0 atom stereocenters. The Hall–Kier alpha value is -3.39.